The number of benzene rings is 1. The van der Waals surface area contributed by atoms with Crippen molar-refractivity contribution in [3.8, 4) is 0 Å². The van der Waals surface area contributed by atoms with E-state index in [9.17, 15) is 10.1 Å². The normalized spacial score (nSPS) is 10.2. The summed E-state index contributed by atoms with van der Waals surface area (Å²) in [6.07, 6.45) is 0. The number of nitrogens with one attached hydrogen (secondary N) is 2. The summed E-state index contributed by atoms with van der Waals surface area (Å²) in [7, 11) is 0. The zero-order chi connectivity index (χ0) is 15.4. The van der Waals surface area contributed by atoms with Gasteiger partial charge in [-0.15, -0.1) is 0 Å². The van der Waals surface area contributed by atoms with Gasteiger partial charge in [-0.3, -0.25) is 10.1 Å². The third-order valence-electron chi connectivity index (χ3n) is 2.61. The molecule has 0 aliphatic heterocycles. The van der Waals surface area contributed by atoms with Crippen molar-refractivity contribution in [3.63, 3.8) is 0 Å². The minimum absolute atomic E-state index is 0.0947. The van der Waals surface area contributed by atoms with E-state index in [0.29, 0.717) is 27.5 Å². The lowest BCUT2D eigenvalue weighted by molar-refractivity contribution is -0.384. The van der Waals surface area contributed by atoms with Crippen molar-refractivity contribution >= 4 is 50.5 Å². The molecule has 2 N–H and O–H groups in total. The number of hydrogen-bond donors (Lipinski definition) is 2. The maximum atomic E-state index is 11.1. The Balaban J connectivity index is 2.37. The minimum atomic E-state index is -0.476. The minimum Gasteiger partial charge on any atom is -0.370 e. The second-order valence-electron chi connectivity index (χ2n) is 4.11. The van der Waals surface area contributed by atoms with Crippen LogP contribution < -0.4 is 10.6 Å². The van der Waals surface area contributed by atoms with Crippen LogP contribution in [0.2, 0.25) is 5.02 Å². The van der Waals surface area contributed by atoms with Crippen LogP contribution in [0.4, 0.5) is 23.0 Å². The maximum Gasteiger partial charge on any atom is 0.311 e. The van der Waals surface area contributed by atoms with E-state index in [4.69, 9.17) is 11.6 Å². The first-order valence-corrected chi connectivity index (χ1v) is 7.29. The van der Waals surface area contributed by atoms with E-state index in [1.807, 2.05) is 6.92 Å². The number of nitro groups is 1. The molecule has 0 saturated heterocycles. The molecule has 0 atom stereocenters. The molecule has 6 nitrogen and oxygen atoms in total. The van der Waals surface area contributed by atoms with Gasteiger partial charge in [0.05, 0.1) is 9.95 Å². The number of nitrogens with zero attached hydrogens (tertiary/aromatic N) is 2. The van der Waals surface area contributed by atoms with Gasteiger partial charge in [0.2, 0.25) is 5.82 Å². The van der Waals surface area contributed by atoms with Crippen LogP contribution in [0, 0.1) is 10.1 Å². The molecule has 0 radical (unpaired) electrons. The monoisotopic (exact) mass is 370 g/mol. The summed E-state index contributed by atoms with van der Waals surface area (Å²) in [5.41, 5.74) is 0.554. The Hall–Kier alpha value is -1.86. The lowest BCUT2D eigenvalue weighted by Gasteiger charge is -2.09. The van der Waals surface area contributed by atoms with Crippen LogP contribution in [-0.4, -0.2) is 16.5 Å². The van der Waals surface area contributed by atoms with Crippen molar-refractivity contribution in [2.45, 2.75) is 6.92 Å². The van der Waals surface area contributed by atoms with E-state index in [-0.39, 0.29) is 11.5 Å². The zero-order valence-corrected chi connectivity index (χ0v) is 13.4. The highest BCUT2D eigenvalue weighted by molar-refractivity contribution is 9.10. The van der Waals surface area contributed by atoms with Crippen LogP contribution in [0.3, 0.4) is 0 Å². The topological polar surface area (TPSA) is 80.1 Å². The molecule has 1 heterocycles. The van der Waals surface area contributed by atoms with Gasteiger partial charge in [-0.25, -0.2) is 4.98 Å². The fraction of sp³-hybridized carbons (Fsp3) is 0.154. The van der Waals surface area contributed by atoms with E-state index in [2.05, 4.69) is 31.5 Å². The summed E-state index contributed by atoms with van der Waals surface area (Å²) in [5.74, 6) is 0.742. The Bertz CT molecular complexity index is 681. The Labute approximate surface area is 134 Å². The SMILES string of the molecule is CCNc1ccc([N+](=O)[O-])c(Nc2ccc(Cl)c(Br)c2)n1. The largest absolute Gasteiger partial charge is 0.370 e. The number of rotatable bonds is 5. The van der Waals surface area contributed by atoms with Crippen LogP contribution in [0.15, 0.2) is 34.8 Å². The number of anilines is 3. The van der Waals surface area contributed by atoms with Crippen LogP contribution in [0.1, 0.15) is 6.92 Å². The average molecular weight is 372 g/mol. The number of halogens is 2. The molecule has 0 aliphatic rings. The Morgan fingerprint density at radius 2 is 2.14 bits per heavy atom. The molecule has 21 heavy (non-hydrogen) atoms. The summed E-state index contributed by atoms with van der Waals surface area (Å²) in [5, 5.41) is 17.6. The first-order chi connectivity index (χ1) is 10.0. The summed E-state index contributed by atoms with van der Waals surface area (Å²) in [4.78, 5) is 14.8. The predicted octanol–water partition coefficient (Wildman–Crippen LogP) is 4.58. The quantitative estimate of drug-likeness (QED) is 0.594. The molecule has 0 fully saturated rings. The maximum absolute atomic E-state index is 11.1. The molecule has 2 rings (SSSR count). The molecule has 110 valence electrons. The second-order valence-corrected chi connectivity index (χ2v) is 5.37. The molecular formula is C13H12BrClN4O2. The number of pyridine rings is 1. The van der Waals surface area contributed by atoms with Gasteiger partial charge in [0.1, 0.15) is 5.82 Å². The lowest BCUT2D eigenvalue weighted by Crippen LogP contribution is -2.04. The molecule has 0 spiro atoms. The highest BCUT2D eigenvalue weighted by Gasteiger charge is 2.16. The first kappa shape index (κ1) is 15.5. The first-order valence-electron chi connectivity index (χ1n) is 6.12. The summed E-state index contributed by atoms with van der Waals surface area (Å²) in [6, 6.07) is 8.13. The van der Waals surface area contributed by atoms with Gasteiger partial charge in [-0.05, 0) is 47.1 Å². The van der Waals surface area contributed by atoms with Crippen LogP contribution in [-0.2, 0) is 0 Å². The van der Waals surface area contributed by atoms with Gasteiger partial charge in [-0.1, -0.05) is 11.6 Å². The van der Waals surface area contributed by atoms with Gasteiger partial charge >= 0.3 is 5.69 Å². The van der Waals surface area contributed by atoms with Crippen molar-refractivity contribution in [1.29, 1.82) is 0 Å². The van der Waals surface area contributed by atoms with Gasteiger partial charge in [-0.2, -0.15) is 0 Å². The standard InChI is InChI=1S/C13H12BrClN4O2/c1-2-16-12-6-5-11(19(20)21)13(18-12)17-8-3-4-10(15)9(14)7-8/h3-7H,2H2,1H3,(H2,16,17,18). The Morgan fingerprint density at radius 3 is 2.76 bits per heavy atom. The van der Waals surface area contributed by atoms with E-state index in [1.165, 1.54) is 6.07 Å². The summed E-state index contributed by atoms with van der Waals surface area (Å²) >= 11 is 9.23. The molecule has 0 saturated carbocycles. The van der Waals surface area contributed by atoms with Gasteiger partial charge in [0.25, 0.3) is 0 Å². The second kappa shape index (κ2) is 6.73. The fourth-order valence-electron chi connectivity index (χ4n) is 1.68. The highest BCUT2D eigenvalue weighted by Crippen LogP contribution is 2.30. The van der Waals surface area contributed by atoms with Gasteiger partial charge in [0.15, 0.2) is 0 Å². The van der Waals surface area contributed by atoms with E-state index in [1.54, 1.807) is 24.3 Å². The van der Waals surface area contributed by atoms with E-state index in [0.717, 1.165) is 0 Å². The fourth-order valence-corrected chi connectivity index (χ4v) is 2.18. The smallest absolute Gasteiger partial charge is 0.311 e. The van der Waals surface area contributed by atoms with Crippen molar-refractivity contribution in [1.82, 2.24) is 4.98 Å². The van der Waals surface area contributed by atoms with E-state index < -0.39 is 4.92 Å². The van der Waals surface area contributed by atoms with Crippen LogP contribution >= 0.6 is 27.5 Å². The third-order valence-corrected chi connectivity index (χ3v) is 3.82. The average Bonchev–Trinajstić information content (AvgIpc) is 2.43. The number of aromatic nitrogens is 1. The summed E-state index contributed by atoms with van der Waals surface area (Å²) < 4.78 is 0.694. The predicted molar refractivity (Wildman–Crippen MR) is 87.5 cm³/mol. The van der Waals surface area contributed by atoms with Crippen molar-refractivity contribution in [2.75, 3.05) is 17.2 Å². The summed E-state index contributed by atoms with van der Waals surface area (Å²) in [6.45, 7) is 2.60. The lowest BCUT2D eigenvalue weighted by atomic mass is 10.3. The van der Waals surface area contributed by atoms with Crippen molar-refractivity contribution in [3.05, 3.63) is 49.9 Å². The zero-order valence-electron chi connectivity index (χ0n) is 11.1. The third kappa shape index (κ3) is 3.83. The molecule has 0 bridgehead atoms. The Kier molecular flexibility index (Phi) is 4.98. The van der Waals surface area contributed by atoms with Crippen LogP contribution in [0.5, 0.6) is 0 Å². The molecule has 0 unspecified atom stereocenters. The van der Waals surface area contributed by atoms with Crippen molar-refractivity contribution < 1.29 is 4.92 Å². The molecule has 8 heteroatoms. The molecular weight excluding hydrogens is 360 g/mol. The Morgan fingerprint density at radius 1 is 1.38 bits per heavy atom. The van der Waals surface area contributed by atoms with Crippen LogP contribution in [0.25, 0.3) is 0 Å². The van der Waals surface area contributed by atoms with Crippen molar-refractivity contribution in [2.24, 2.45) is 0 Å². The van der Waals surface area contributed by atoms with E-state index >= 15 is 0 Å². The molecule has 2 aromatic rings. The molecule has 0 amide bonds. The molecule has 0 aliphatic carbocycles. The number of hydrogen-bond acceptors (Lipinski definition) is 5. The van der Waals surface area contributed by atoms with Gasteiger partial charge in [0, 0.05) is 22.8 Å². The highest BCUT2D eigenvalue weighted by atomic mass is 79.9. The van der Waals surface area contributed by atoms with Gasteiger partial charge < -0.3 is 10.6 Å². The molecule has 1 aromatic carbocycles. The molecule has 1 aromatic heterocycles.